The number of fused-ring (bicyclic) bond motifs is 4. The first-order valence-corrected chi connectivity index (χ1v) is 9.97. The summed E-state index contributed by atoms with van der Waals surface area (Å²) < 4.78 is 2.22. The number of hydrogen-bond donors (Lipinski definition) is 1. The molecule has 1 unspecified atom stereocenters. The number of nitrogens with zero attached hydrogens (tertiary/aromatic N) is 4. The maximum absolute atomic E-state index is 9.97. The summed E-state index contributed by atoms with van der Waals surface area (Å²) >= 11 is 0. The third-order valence-corrected chi connectivity index (χ3v) is 6.42. The number of imidazole rings is 1. The molecule has 0 amide bonds. The monoisotopic (exact) mass is 396 g/mol. The second-order valence-corrected chi connectivity index (χ2v) is 7.95. The molecule has 28 heavy (non-hydrogen) atoms. The summed E-state index contributed by atoms with van der Waals surface area (Å²) in [5.41, 5.74) is 6.10. The zero-order valence-electron chi connectivity index (χ0n) is 16.1. The predicted molar refractivity (Wildman–Crippen MR) is 113 cm³/mol. The van der Waals surface area contributed by atoms with Gasteiger partial charge in [0.15, 0.2) is 5.65 Å². The van der Waals surface area contributed by atoms with Crippen molar-refractivity contribution in [2.24, 2.45) is 5.92 Å². The van der Waals surface area contributed by atoms with E-state index in [1.807, 2.05) is 25.1 Å². The Balaban J connectivity index is 0.00000192. The molecule has 1 fully saturated rings. The molecule has 1 N–H and O–H groups in total. The molecule has 0 radical (unpaired) electrons. The summed E-state index contributed by atoms with van der Waals surface area (Å²) in [5, 5.41) is 19.8. The maximum Gasteiger partial charge on any atom is 0.157 e. The molecule has 1 aliphatic heterocycles. The second kappa shape index (κ2) is 7.27. The highest BCUT2D eigenvalue weighted by Gasteiger charge is 2.31. The molecular formula is C22H25ClN4O. The summed E-state index contributed by atoms with van der Waals surface area (Å²) in [5.74, 6) is 1.61. The van der Waals surface area contributed by atoms with Crippen molar-refractivity contribution in [3.05, 3.63) is 41.0 Å². The lowest BCUT2D eigenvalue weighted by atomic mass is 9.92. The van der Waals surface area contributed by atoms with E-state index in [0.29, 0.717) is 5.92 Å². The first-order valence-electron chi connectivity index (χ1n) is 9.97. The lowest BCUT2D eigenvalue weighted by Crippen LogP contribution is -2.38. The van der Waals surface area contributed by atoms with Crippen LogP contribution >= 0.6 is 12.4 Å². The first kappa shape index (κ1) is 19.0. The van der Waals surface area contributed by atoms with Crippen molar-refractivity contribution in [3.8, 4) is 6.07 Å². The quantitative estimate of drug-likeness (QED) is 0.714. The fraction of sp³-hybridized carbons (Fsp3) is 0.455. The molecule has 146 valence electrons. The number of benzene rings is 1. The Morgan fingerprint density at radius 2 is 1.89 bits per heavy atom. The number of pyridine rings is 1. The smallest absolute Gasteiger partial charge is 0.157 e. The SMILES string of the molecule is CC(O)C1CCN(c2c3c(c(C#N)c4nc5ccccc5n24)CCC3)CC1.Cl. The highest BCUT2D eigenvalue weighted by Crippen LogP contribution is 2.39. The van der Waals surface area contributed by atoms with Gasteiger partial charge >= 0.3 is 0 Å². The Hall–Kier alpha value is -2.29. The van der Waals surface area contributed by atoms with Crippen molar-refractivity contribution in [3.63, 3.8) is 0 Å². The van der Waals surface area contributed by atoms with Crippen molar-refractivity contribution in [1.82, 2.24) is 9.38 Å². The molecule has 2 aromatic heterocycles. The van der Waals surface area contributed by atoms with E-state index in [0.717, 1.165) is 67.4 Å². The number of aliphatic hydroxyl groups excluding tert-OH is 1. The molecule has 5 nitrogen and oxygen atoms in total. The van der Waals surface area contributed by atoms with Crippen LogP contribution in [0.4, 0.5) is 5.82 Å². The van der Waals surface area contributed by atoms with Crippen molar-refractivity contribution < 1.29 is 5.11 Å². The Morgan fingerprint density at radius 1 is 1.18 bits per heavy atom. The van der Waals surface area contributed by atoms with Crippen molar-refractivity contribution in [2.45, 2.75) is 45.1 Å². The standard InChI is InChI=1S/C22H24N4O.ClH/c1-14(27)15-9-11-25(12-10-15)22-17-6-4-5-16(17)18(13-23)21-24-19-7-2-3-8-20(19)26(21)22;/h2-3,7-8,14-15,27H,4-6,9-12H2,1H3;1H. The van der Waals surface area contributed by atoms with Gasteiger partial charge in [0.25, 0.3) is 0 Å². The summed E-state index contributed by atoms with van der Waals surface area (Å²) in [7, 11) is 0. The van der Waals surface area contributed by atoms with Crippen LogP contribution in [0.2, 0.25) is 0 Å². The number of aromatic nitrogens is 2. The van der Waals surface area contributed by atoms with Crippen LogP contribution in [0.1, 0.15) is 42.9 Å². The minimum Gasteiger partial charge on any atom is -0.393 e. The molecule has 0 saturated carbocycles. The van der Waals surface area contributed by atoms with E-state index in [-0.39, 0.29) is 18.5 Å². The number of rotatable bonds is 2. The van der Waals surface area contributed by atoms with Gasteiger partial charge in [-0.3, -0.25) is 4.40 Å². The third kappa shape index (κ3) is 2.75. The van der Waals surface area contributed by atoms with Gasteiger partial charge in [-0.2, -0.15) is 5.26 Å². The number of hydrogen-bond acceptors (Lipinski definition) is 4. The number of para-hydroxylation sites is 2. The highest BCUT2D eigenvalue weighted by atomic mass is 35.5. The van der Waals surface area contributed by atoms with E-state index in [4.69, 9.17) is 4.98 Å². The zero-order chi connectivity index (χ0) is 18.5. The van der Waals surface area contributed by atoms with Gasteiger partial charge < -0.3 is 10.0 Å². The van der Waals surface area contributed by atoms with E-state index in [2.05, 4.69) is 21.4 Å². The van der Waals surface area contributed by atoms with Crippen LogP contribution in [0.25, 0.3) is 16.7 Å². The van der Waals surface area contributed by atoms with Crippen LogP contribution < -0.4 is 4.90 Å². The predicted octanol–water partition coefficient (Wildman–Crippen LogP) is 3.87. The first-order chi connectivity index (χ1) is 13.2. The van der Waals surface area contributed by atoms with Gasteiger partial charge in [-0.1, -0.05) is 12.1 Å². The summed E-state index contributed by atoms with van der Waals surface area (Å²) in [4.78, 5) is 7.30. The van der Waals surface area contributed by atoms with Gasteiger partial charge in [0.05, 0.1) is 22.7 Å². The topological polar surface area (TPSA) is 64.6 Å². The van der Waals surface area contributed by atoms with E-state index < -0.39 is 0 Å². The Bertz CT molecular complexity index is 1070. The summed E-state index contributed by atoms with van der Waals surface area (Å²) in [6, 6.07) is 10.6. The minimum atomic E-state index is -0.243. The molecule has 3 aromatic rings. The van der Waals surface area contributed by atoms with Gasteiger partial charge in [0, 0.05) is 13.1 Å². The average Bonchev–Trinajstić information content (AvgIpc) is 3.31. The largest absolute Gasteiger partial charge is 0.393 e. The molecule has 0 bridgehead atoms. The lowest BCUT2D eigenvalue weighted by Gasteiger charge is -2.36. The Morgan fingerprint density at radius 3 is 2.61 bits per heavy atom. The molecule has 1 atom stereocenters. The molecular weight excluding hydrogens is 372 g/mol. The molecule has 0 spiro atoms. The van der Waals surface area contributed by atoms with Crippen LogP contribution in [-0.2, 0) is 12.8 Å². The molecule has 3 heterocycles. The lowest BCUT2D eigenvalue weighted by molar-refractivity contribution is 0.109. The minimum absolute atomic E-state index is 0. The van der Waals surface area contributed by atoms with E-state index in [1.165, 1.54) is 16.9 Å². The van der Waals surface area contributed by atoms with Gasteiger partial charge in [-0.05, 0) is 68.2 Å². The van der Waals surface area contributed by atoms with E-state index in [9.17, 15) is 10.4 Å². The van der Waals surface area contributed by atoms with Crippen molar-refractivity contribution >= 4 is 34.9 Å². The van der Waals surface area contributed by atoms with Crippen LogP contribution in [0, 0.1) is 17.2 Å². The third-order valence-electron chi connectivity index (χ3n) is 6.42. The number of anilines is 1. The summed E-state index contributed by atoms with van der Waals surface area (Å²) in [6.07, 6.45) is 4.86. The van der Waals surface area contributed by atoms with E-state index >= 15 is 0 Å². The number of halogens is 1. The molecule has 1 aliphatic carbocycles. The molecule has 6 heteroatoms. The normalized spacial score (nSPS) is 18.1. The summed E-state index contributed by atoms with van der Waals surface area (Å²) in [6.45, 7) is 3.78. The molecule has 5 rings (SSSR count). The number of aliphatic hydroxyl groups is 1. The highest BCUT2D eigenvalue weighted by molar-refractivity contribution is 5.86. The average molecular weight is 397 g/mol. The van der Waals surface area contributed by atoms with Crippen LogP contribution in [-0.4, -0.2) is 33.7 Å². The van der Waals surface area contributed by atoms with Crippen molar-refractivity contribution in [2.75, 3.05) is 18.0 Å². The van der Waals surface area contributed by atoms with Crippen molar-refractivity contribution in [1.29, 1.82) is 5.26 Å². The fourth-order valence-electron chi connectivity index (χ4n) is 4.99. The Kier molecular flexibility index (Phi) is 4.95. The number of piperidine rings is 1. The maximum atomic E-state index is 9.97. The van der Waals surface area contributed by atoms with Gasteiger partial charge in [0.2, 0.25) is 0 Å². The van der Waals surface area contributed by atoms with Crippen LogP contribution in [0.15, 0.2) is 24.3 Å². The molecule has 2 aliphatic rings. The molecule has 1 aromatic carbocycles. The number of nitriles is 1. The zero-order valence-corrected chi connectivity index (χ0v) is 16.9. The van der Waals surface area contributed by atoms with Gasteiger partial charge in [-0.15, -0.1) is 12.4 Å². The van der Waals surface area contributed by atoms with Gasteiger partial charge in [-0.25, -0.2) is 4.98 Å². The molecule has 1 saturated heterocycles. The van der Waals surface area contributed by atoms with Crippen LogP contribution in [0.5, 0.6) is 0 Å². The Labute approximate surface area is 171 Å². The fourth-order valence-corrected chi connectivity index (χ4v) is 4.99. The van der Waals surface area contributed by atoms with Gasteiger partial charge in [0.1, 0.15) is 11.9 Å². The van der Waals surface area contributed by atoms with Crippen LogP contribution in [0.3, 0.4) is 0 Å². The van der Waals surface area contributed by atoms with E-state index in [1.54, 1.807) is 0 Å². The second-order valence-electron chi connectivity index (χ2n) is 7.95.